The van der Waals surface area contributed by atoms with Crippen molar-refractivity contribution in [3.8, 4) is 0 Å². The van der Waals surface area contributed by atoms with E-state index in [1.54, 1.807) is 13.8 Å². The average Bonchev–Trinajstić information content (AvgIpc) is 2.58. The molecule has 4 unspecified atom stereocenters. The molecule has 0 saturated carbocycles. The van der Waals surface area contributed by atoms with Crippen molar-refractivity contribution >= 4 is 42.2 Å². The fourth-order valence-corrected chi connectivity index (χ4v) is 2.29. The van der Waals surface area contributed by atoms with E-state index < -0.39 is 60.2 Å². The summed E-state index contributed by atoms with van der Waals surface area (Å²) in [4.78, 5) is 59.0. The minimum absolute atomic E-state index is 0.0158. The van der Waals surface area contributed by atoms with Gasteiger partial charge < -0.3 is 32.5 Å². The van der Waals surface area contributed by atoms with Crippen molar-refractivity contribution < 1.29 is 29.1 Å². The van der Waals surface area contributed by atoms with Crippen LogP contribution in [0.3, 0.4) is 0 Å². The molecule has 0 fully saturated rings. The van der Waals surface area contributed by atoms with Gasteiger partial charge in [0.2, 0.25) is 23.6 Å². The van der Waals surface area contributed by atoms with Crippen LogP contribution in [-0.2, 0) is 24.0 Å². The summed E-state index contributed by atoms with van der Waals surface area (Å²) < 4.78 is 0. The molecule has 0 aromatic rings. The first kappa shape index (κ1) is 25.7. The molecule has 0 aromatic heterocycles. The highest BCUT2D eigenvalue weighted by molar-refractivity contribution is 7.80. The fraction of sp³-hybridized carbons (Fsp3) is 0.688. The summed E-state index contributed by atoms with van der Waals surface area (Å²) in [5.74, 6) is -4.30. The highest BCUT2D eigenvalue weighted by Crippen LogP contribution is 2.07. The monoisotopic (exact) mass is 419 g/mol. The Kier molecular flexibility index (Phi) is 11.2. The molecule has 0 heterocycles. The maximum atomic E-state index is 12.6. The lowest BCUT2D eigenvalue weighted by Crippen LogP contribution is -2.57. The maximum absolute atomic E-state index is 12.6. The van der Waals surface area contributed by atoms with Crippen LogP contribution in [0, 0.1) is 5.92 Å². The van der Waals surface area contributed by atoms with Crippen molar-refractivity contribution in [2.45, 2.75) is 57.8 Å². The number of hydrogen-bond acceptors (Lipinski definition) is 7. The summed E-state index contributed by atoms with van der Waals surface area (Å²) in [7, 11) is 0. The van der Waals surface area contributed by atoms with Crippen LogP contribution in [0.25, 0.3) is 0 Å². The topological polar surface area (TPSA) is 194 Å². The predicted octanol–water partition coefficient (Wildman–Crippen LogP) is -2.28. The Hall–Kier alpha value is -2.34. The van der Waals surface area contributed by atoms with Gasteiger partial charge in [-0.1, -0.05) is 13.8 Å². The molecular formula is C16H29N5O6S. The Morgan fingerprint density at radius 2 is 1.43 bits per heavy atom. The van der Waals surface area contributed by atoms with E-state index in [1.165, 1.54) is 6.92 Å². The number of primary amides is 1. The van der Waals surface area contributed by atoms with E-state index in [-0.39, 0.29) is 18.1 Å². The van der Waals surface area contributed by atoms with E-state index in [2.05, 4.69) is 28.6 Å². The number of carbonyl (C=O) groups is 5. The van der Waals surface area contributed by atoms with E-state index in [0.29, 0.717) is 0 Å². The number of carboxylic acids is 1. The summed E-state index contributed by atoms with van der Waals surface area (Å²) in [6.45, 7) is 4.90. The Labute approximate surface area is 168 Å². The van der Waals surface area contributed by atoms with Gasteiger partial charge in [0.15, 0.2) is 0 Å². The van der Waals surface area contributed by atoms with E-state index in [1.807, 2.05) is 0 Å². The fourth-order valence-electron chi connectivity index (χ4n) is 2.12. The number of thiol groups is 1. The largest absolute Gasteiger partial charge is 0.480 e. The smallest absolute Gasteiger partial charge is 0.325 e. The average molecular weight is 420 g/mol. The summed E-state index contributed by atoms with van der Waals surface area (Å²) in [5, 5.41) is 15.9. The van der Waals surface area contributed by atoms with Gasteiger partial charge in [-0.2, -0.15) is 12.6 Å². The molecule has 0 bridgehead atoms. The molecular weight excluding hydrogens is 390 g/mol. The highest BCUT2D eigenvalue weighted by Gasteiger charge is 2.30. The standard InChI is InChI=1S/C16H29N5O6S/c1-7(2)4-10(14(24)19-8(3)16(26)27)21-15(25)11(5-12(18)22)20-13(23)9(17)6-28/h7-11,28H,4-6,17H2,1-3H3,(H2,18,22)(H,19,24)(H,20,23)(H,21,25)(H,26,27). The van der Waals surface area contributed by atoms with Crippen LogP contribution < -0.4 is 27.4 Å². The van der Waals surface area contributed by atoms with Crippen LogP contribution in [0.15, 0.2) is 0 Å². The molecule has 160 valence electrons. The van der Waals surface area contributed by atoms with Crippen LogP contribution >= 0.6 is 12.6 Å². The van der Waals surface area contributed by atoms with Crippen molar-refractivity contribution in [1.29, 1.82) is 0 Å². The van der Waals surface area contributed by atoms with Gasteiger partial charge in [-0.05, 0) is 19.3 Å². The summed E-state index contributed by atoms with van der Waals surface area (Å²) in [5.41, 5.74) is 10.7. The molecule has 8 N–H and O–H groups in total. The zero-order valence-electron chi connectivity index (χ0n) is 16.1. The van der Waals surface area contributed by atoms with Crippen LogP contribution in [0.1, 0.15) is 33.6 Å². The Balaban J connectivity index is 5.32. The third kappa shape index (κ3) is 9.55. The highest BCUT2D eigenvalue weighted by atomic mass is 32.1. The number of aliphatic carboxylic acids is 1. The van der Waals surface area contributed by atoms with Gasteiger partial charge >= 0.3 is 5.97 Å². The second-order valence-electron chi connectivity index (χ2n) is 6.78. The minimum atomic E-state index is -1.34. The molecule has 12 heteroatoms. The van der Waals surface area contributed by atoms with Crippen LogP contribution in [0.5, 0.6) is 0 Å². The van der Waals surface area contributed by atoms with Gasteiger partial charge in [0.25, 0.3) is 0 Å². The van der Waals surface area contributed by atoms with Crippen LogP contribution in [0.2, 0.25) is 0 Å². The molecule has 0 aliphatic heterocycles. The van der Waals surface area contributed by atoms with Crippen molar-refractivity contribution in [2.24, 2.45) is 17.4 Å². The number of hydrogen-bond donors (Lipinski definition) is 7. The van der Waals surface area contributed by atoms with Gasteiger partial charge in [0, 0.05) is 5.75 Å². The molecule has 28 heavy (non-hydrogen) atoms. The van der Waals surface area contributed by atoms with E-state index in [4.69, 9.17) is 16.6 Å². The molecule has 0 radical (unpaired) electrons. The summed E-state index contributed by atoms with van der Waals surface area (Å²) >= 11 is 3.89. The summed E-state index contributed by atoms with van der Waals surface area (Å²) in [6, 6.07) is -4.57. The normalized spacial score (nSPS) is 15.1. The second kappa shape index (κ2) is 12.2. The number of carboxylic acid groups (broad SMARTS) is 1. The van der Waals surface area contributed by atoms with Crippen molar-refractivity contribution in [3.05, 3.63) is 0 Å². The number of nitrogens with two attached hydrogens (primary N) is 2. The molecule has 0 saturated heterocycles. The SMILES string of the molecule is CC(C)CC(NC(=O)C(CC(N)=O)NC(=O)C(N)CS)C(=O)NC(C)C(=O)O. The zero-order valence-corrected chi connectivity index (χ0v) is 17.0. The Bertz CT molecular complexity index is 600. The predicted molar refractivity (Wildman–Crippen MR) is 104 cm³/mol. The number of carbonyl (C=O) groups excluding carboxylic acids is 4. The van der Waals surface area contributed by atoms with Gasteiger partial charge in [-0.15, -0.1) is 0 Å². The molecule has 4 amide bonds. The molecule has 0 aromatic carbocycles. The van der Waals surface area contributed by atoms with Gasteiger partial charge in [0.1, 0.15) is 18.1 Å². The minimum Gasteiger partial charge on any atom is -0.480 e. The van der Waals surface area contributed by atoms with E-state index >= 15 is 0 Å². The molecule has 0 aliphatic rings. The lowest BCUT2D eigenvalue weighted by Gasteiger charge is -2.25. The number of nitrogens with one attached hydrogen (secondary N) is 3. The first-order valence-corrected chi connectivity index (χ1v) is 9.30. The number of amides is 4. The lowest BCUT2D eigenvalue weighted by molar-refractivity contribution is -0.142. The van der Waals surface area contributed by atoms with Crippen molar-refractivity contribution in [3.63, 3.8) is 0 Å². The first-order valence-electron chi connectivity index (χ1n) is 8.67. The third-order valence-corrected chi connectivity index (χ3v) is 4.03. The summed E-state index contributed by atoms with van der Waals surface area (Å²) in [6.07, 6.45) is -0.296. The molecule has 4 atom stereocenters. The Morgan fingerprint density at radius 1 is 0.929 bits per heavy atom. The van der Waals surface area contributed by atoms with Gasteiger partial charge in [-0.25, -0.2) is 0 Å². The van der Waals surface area contributed by atoms with Gasteiger partial charge in [-0.3, -0.25) is 24.0 Å². The maximum Gasteiger partial charge on any atom is 0.325 e. The quantitative estimate of drug-likeness (QED) is 0.173. The first-order chi connectivity index (χ1) is 12.9. The second-order valence-corrected chi connectivity index (χ2v) is 7.15. The molecule has 0 spiro atoms. The van der Waals surface area contributed by atoms with E-state index in [0.717, 1.165) is 0 Å². The zero-order chi connectivity index (χ0) is 22.0. The van der Waals surface area contributed by atoms with Crippen LogP contribution in [0.4, 0.5) is 0 Å². The van der Waals surface area contributed by atoms with Crippen molar-refractivity contribution in [1.82, 2.24) is 16.0 Å². The van der Waals surface area contributed by atoms with E-state index in [9.17, 15) is 24.0 Å². The van der Waals surface area contributed by atoms with Gasteiger partial charge in [0.05, 0.1) is 12.5 Å². The lowest BCUT2D eigenvalue weighted by atomic mass is 10.0. The third-order valence-electron chi connectivity index (χ3n) is 3.64. The number of rotatable bonds is 12. The van der Waals surface area contributed by atoms with Crippen molar-refractivity contribution in [2.75, 3.05) is 5.75 Å². The Morgan fingerprint density at radius 3 is 1.86 bits per heavy atom. The molecule has 11 nitrogen and oxygen atoms in total. The van der Waals surface area contributed by atoms with Crippen LogP contribution in [-0.4, -0.2) is 64.6 Å². The molecule has 0 aliphatic carbocycles. The molecule has 0 rings (SSSR count).